The van der Waals surface area contributed by atoms with Crippen molar-refractivity contribution >= 4 is 17.9 Å². The number of carbonyl (C=O) groups excluding carboxylic acids is 3. The number of ether oxygens (including phenoxy) is 3. The Bertz CT molecular complexity index is 1730. The summed E-state index contributed by atoms with van der Waals surface area (Å²) in [5.74, 6) is -0.927. The molecule has 0 aromatic rings. The lowest BCUT2D eigenvalue weighted by atomic mass is 10.1. The van der Waals surface area contributed by atoms with E-state index >= 15 is 0 Å². The molecule has 1 atom stereocenters. The van der Waals surface area contributed by atoms with Crippen molar-refractivity contribution in [2.75, 3.05) is 13.2 Å². The summed E-state index contributed by atoms with van der Waals surface area (Å²) in [6.07, 6.45) is 94.1. The van der Waals surface area contributed by atoms with Crippen LogP contribution in [0.3, 0.4) is 0 Å². The Hall–Kier alpha value is -4.71. The molecule has 1 unspecified atom stereocenters. The van der Waals surface area contributed by atoms with E-state index < -0.39 is 6.10 Å². The second-order valence-corrected chi connectivity index (χ2v) is 20.9. The van der Waals surface area contributed by atoms with Gasteiger partial charge in [-0.15, -0.1) is 0 Å². The SMILES string of the molecule is CC/C=C\C/C=C\C/C=C\C/C=C\C/C=C\CCCCCCCC(=O)OC(COC(=O)CCCCCCCCC/C=C\C/C=C\C/C=C\CC)COC(=O)CCCCCCCCCCCC/C=C\C/C=C\C/C=C\C/C=C\CC. The first-order valence-electron chi connectivity index (χ1n) is 32.3. The number of allylic oxidation sites excluding steroid dienone is 24. The maximum Gasteiger partial charge on any atom is 0.306 e. The Balaban J connectivity index is 4.45. The van der Waals surface area contributed by atoms with Crippen molar-refractivity contribution in [1.29, 1.82) is 0 Å². The van der Waals surface area contributed by atoms with Crippen LogP contribution in [-0.2, 0) is 28.6 Å². The first-order chi connectivity index (χ1) is 39.0. The standard InChI is InChI=1S/C73H118O6/c1-4-7-10-13-16-19-22-25-28-31-33-35-36-38-39-42-45-48-51-54-57-60-63-66-72(75)78-69-70(68-77-71(74)65-62-59-56-53-50-47-44-41-30-27-24-21-18-15-12-9-6-3)79-73(76)67-64-61-58-55-52-49-46-43-40-37-34-32-29-26-23-20-17-14-11-8-5-2/h7-12,16-21,25-30,33-35,37,43,46,70H,4-6,13-15,22-24,31-32,36,38-42,44-45,47-69H2,1-3H3/b10-7-,11-8-,12-9-,19-16-,20-17-,21-18-,28-25-,29-26-,30-27-,35-33-,37-34-,46-43-. The van der Waals surface area contributed by atoms with Crippen molar-refractivity contribution in [2.45, 2.75) is 284 Å². The summed E-state index contributed by atoms with van der Waals surface area (Å²) in [5.41, 5.74) is 0. The number of carbonyl (C=O) groups is 3. The normalized spacial score (nSPS) is 13.1. The highest BCUT2D eigenvalue weighted by atomic mass is 16.6. The molecule has 0 fully saturated rings. The van der Waals surface area contributed by atoms with Crippen LogP contribution in [0.1, 0.15) is 278 Å². The summed E-state index contributed by atoms with van der Waals surface area (Å²) < 4.78 is 16.9. The number of unbranched alkanes of at least 4 members (excludes halogenated alkanes) is 22. The van der Waals surface area contributed by atoms with Crippen molar-refractivity contribution in [1.82, 2.24) is 0 Å². The van der Waals surface area contributed by atoms with Gasteiger partial charge in [-0.1, -0.05) is 269 Å². The smallest absolute Gasteiger partial charge is 0.306 e. The number of hydrogen-bond donors (Lipinski definition) is 0. The van der Waals surface area contributed by atoms with Gasteiger partial charge in [-0.05, 0) is 135 Å². The van der Waals surface area contributed by atoms with Crippen molar-refractivity contribution in [3.8, 4) is 0 Å². The van der Waals surface area contributed by atoms with Crippen molar-refractivity contribution in [2.24, 2.45) is 0 Å². The molecule has 0 N–H and O–H groups in total. The molecule has 0 saturated heterocycles. The van der Waals surface area contributed by atoms with Gasteiger partial charge < -0.3 is 14.2 Å². The monoisotopic (exact) mass is 1090 g/mol. The second-order valence-electron chi connectivity index (χ2n) is 20.9. The van der Waals surface area contributed by atoms with E-state index in [2.05, 4.69) is 167 Å². The van der Waals surface area contributed by atoms with Crippen LogP contribution in [0.2, 0.25) is 0 Å². The first kappa shape index (κ1) is 74.3. The highest BCUT2D eigenvalue weighted by molar-refractivity contribution is 5.71. The zero-order chi connectivity index (χ0) is 57.1. The van der Waals surface area contributed by atoms with Gasteiger partial charge in [0, 0.05) is 19.3 Å². The van der Waals surface area contributed by atoms with Gasteiger partial charge in [0.25, 0.3) is 0 Å². The van der Waals surface area contributed by atoms with Crippen molar-refractivity contribution < 1.29 is 28.6 Å². The van der Waals surface area contributed by atoms with E-state index in [9.17, 15) is 14.4 Å². The topological polar surface area (TPSA) is 78.9 Å². The van der Waals surface area contributed by atoms with E-state index in [4.69, 9.17) is 14.2 Å². The average Bonchev–Trinajstić information content (AvgIpc) is 3.45. The molecular formula is C73H118O6. The molecule has 6 nitrogen and oxygen atoms in total. The van der Waals surface area contributed by atoms with Gasteiger partial charge in [-0.2, -0.15) is 0 Å². The molecule has 79 heavy (non-hydrogen) atoms. The lowest BCUT2D eigenvalue weighted by Crippen LogP contribution is -2.30. The summed E-state index contributed by atoms with van der Waals surface area (Å²) in [6, 6.07) is 0. The van der Waals surface area contributed by atoms with Gasteiger partial charge in [0.1, 0.15) is 13.2 Å². The molecule has 0 aromatic heterocycles. The molecule has 0 aliphatic carbocycles. The number of esters is 3. The Labute approximate surface area is 487 Å². The van der Waals surface area contributed by atoms with E-state index in [0.29, 0.717) is 19.3 Å². The zero-order valence-corrected chi connectivity index (χ0v) is 51.1. The van der Waals surface area contributed by atoms with E-state index in [1.807, 2.05) is 0 Å². The Morgan fingerprint density at radius 2 is 0.456 bits per heavy atom. The zero-order valence-electron chi connectivity index (χ0n) is 51.1. The minimum Gasteiger partial charge on any atom is -0.462 e. The molecule has 0 aromatic carbocycles. The summed E-state index contributed by atoms with van der Waals surface area (Å²) in [6.45, 7) is 6.29. The van der Waals surface area contributed by atoms with Crippen LogP contribution in [-0.4, -0.2) is 37.2 Å². The second kappa shape index (κ2) is 65.8. The quantitative estimate of drug-likeness (QED) is 0.0261. The van der Waals surface area contributed by atoms with Crippen LogP contribution in [0.15, 0.2) is 146 Å². The van der Waals surface area contributed by atoms with Crippen LogP contribution < -0.4 is 0 Å². The largest absolute Gasteiger partial charge is 0.462 e. The molecule has 0 saturated carbocycles. The van der Waals surface area contributed by atoms with Crippen LogP contribution in [0.4, 0.5) is 0 Å². The molecule has 0 radical (unpaired) electrons. The Kier molecular flexibility index (Phi) is 61.9. The predicted octanol–water partition coefficient (Wildman–Crippen LogP) is 22.3. The van der Waals surface area contributed by atoms with Crippen LogP contribution in [0, 0.1) is 0 Å². The van der Waals surface area contributed by atoms with Gasteiger partial charge in [0.15, 0.2) is 6.10 Å². The van der Waals surface area contributed by atoms with Gasteiger partial charge in [0.05, 0.1) is 0 Å². The van der Waals surface area contributed by atoms with Crippen molar-refractivity contribution in [3.63, 3.8) is 0 Å². The first-order valence-corrected chi connectivity index (χ1v) is 32.3. The maximum absolute atomic E-state index is 12.9. The number of rotatable bonds is 57. The van der Waals surface area contributed by atoms with Crippen LogP contribution in [0.25, 0.3) is 0 Å². The average molecular weight is 1090 g/mol. The molecule has 0 spiro atoms. The fourth-order valence-corrected chi connectivity index (χ4v) is 8.59. The molecule has 0 aliphatic heterocycles. The lowest BCUT2D eigenvalue weighted by molar-refractivity contribution is -0.167. The molecule has 446 valence electrons. The van der Waals surface area contributed by atoms with E-state index in [1.54, 1.807) is 0 Å². The summed E-state index contributed by atoms with van der Waals surface area (Å²) in [5, 5.41) is 0. The highest BCUT2D eigenvalue weighted by Gasteiger charge is 2.19. The van der Waals surface area contributed by atoms with E-state index in [-0.39, 0.29) is 31.1 Å². The molecule has 0 heterocycles. The Morgan fingerprint density at radius 1 is 0.253 bits per heavy atom. The number of hydrogen-bond acceptors (Lipinski definition) is 6. The van der Waals surface area contributed by atoms with Crippen LogP contribution in [0.5, 0.6) is 0 Å². The fraction of sp³-hybridized carbons (Fsp3) is 0.630. The molecular weight excluding hydrogens is 973 g/mol. The van der Waals surface area contributed by atoms with Gasteiger partial charge in [-0.3, -0.25) is 14.4 Å². The molecule has 0 amide bonds. The maximum atomic E-state index is 12.9. The van der Waals surface area contributed by atoms with Crippen molar-refractivity contribution in [3.05, 3.63) is 146 Å². The molecule has 0 bridgehead atoms. The minimum atomic E-state index is -0.803. The lowest BCUT2D eigenvalue weighted by Gasteiger charge is -2.18. The third-order valence-electron chi connectivity index (χ3n) is 13.3. The molecule has 6 heteroatoms. The van der Waals surface area contributed by atoms with Gasteiger partial charge in [0.2, 0.25) is 0 Å². The van der Waals surface area contributed by atoms with Gasteiger partial charge in [-0.25, -0.2) is 0 Å². The third kappa shape index (κ3) is 64.0. The van der Waals surface area contributed by atoms with Gasteiger partial charge >= 0.3 is 17.9 Å². The summed E-state index contributed by atoms with van der Waals surface area (Å²) in [7, 11) is 0. The third-order valence-corrected chi connectivity index (χ3v) is 13.3. The van der Waals surface area contributed by atoms with E-state index in [1.165, 1.54) is 77.0 Å². The predicted molar refractivity (Wildman–Crippen MR) is 343 cm³/mol. The Morgan fingerprint density at radius 3 is 0.709 bits per heavy atom. The fourth-order valence-electron chi connectivity index (χ4n) is 8.59. The minimum absolute atomic E-state index is 0.0964. The summed E-state index contributed by atoms with van der Waals surface area (Å²) in [4.78, 5) is 38.4. The molecule has 0 aliphatic rings. The van der Waals surface area contributed by atoms with E-state index in [0.717, 1.165) is 161 Å². The summed E-state index contributed by atoms with van der Waals surface area (Å²) >= 11 is 0. The highest BCUT2D eigenvalue weighted by Crippen LogP contribution is 2.15. The van der Waals surface area contributed by atoms with Crippen LogP contribution >= 0.6 is 0 Å². The molecule has 0 rings (SSSR count).